The van der Waals surface area contributed by atoms with Crippen LogP contribution in [0.2, 0.25) is 0 Å². The third kappa shape index (κ3) is 4.96. The molecule has 0 bridgehead atoms. The van der Waals surface area contributed by atoms with Crippen LogP contribution in [-0.2, 0) is 11.3 Å². The fourth-order valence-corrected chi connectivity index (χ4v) is 1.53. The van der Waals surface area contributed by atoms with Crippen molar-refractivity contribution in [3.05, 3.63) is 35.9 Å². The van der Waals surface area contributed by atoms with E-state index < -0.39 is 0 Å². The van der Waals surface area contributed by atoms with Crippen LogP contribution in [0.25, 0.3) is 0 Å². The number of ether oxygens (including phenoxy) is 1. The van der Waals surface area contributed by atoms with Gasteiger partial charge in [-0.1, -0.05) is 37.3 Å². The number of nitrogens with zero attached hydrogens (tertiary/aromatic N) is 1. The second-order valence-electron chi connectivity index (χ2n) is 3.55. The summed E-state index contributed by atoms with van der Waals surface area (Å²) in [5.41, 5.74) is 1.37. The predicted molar refractivity (Wildman–Crippen MR) is 63.9 cm³/mol. The van der Waals surface area contributed by atoms with Crippen LogP contribution in [0, 0.1) is 0 Å². The molecule has 0 amide bonds. The molecule has 1 aromatic carbocycles. The van der Waals surface area contributed by atoms with Crippen LogP contribution in [0.5, 0.6) is 0 Å². The van der Waals surface area contributed by atoms with Gasteiger partial charge in [-0.2, -0.15) is 0 Å². The van der Waals surface area contributed by atoms with Gasteiger partial charge in [-0.3, -0.25) is 4.90 Å². The molecule has 0 saturated heterocycles. The van der Waals surface area contributed by atoms with Gasteiger partial charge < -0.3 is 4.74 Å². The van der Waals surface area contributed by atoms with E-state index in [4.69, 9.17) is 4.74 Å². The maximum absolute atomic E-state index is 5.36. The van der Waals surface area contributed by atoms with E-state index in [1.165, 1.54) is 5.56 Å². The first-order valence-corrected chi connectivity index (χ1v) is 5.70. The summed E-state index contributed by atoms with van der Waals surface area (Å²) < 4.78 is 5.36. The summed E-state index contributed by atoms with van der Waals surface area (Å²) in [6.07, 6.45) is 0. The number of benzene rings is 1. The van der Waals surface area contributed by atoms with Crippen molar-refractivity contribution < 1.29 is 4.74 Å². The SMILES string of the molecule is CCOCCN(CC)Cc1ccccc1. The Morgan fingerprint density at radius 1 is 1.13 bits per heavy atom. The van der Waals surface area contributed by atoms with E-state index in [-0.39, 0.29) is 0 Å². The van der Waals surface area contributed by atoms with Gasteiger partial charge in [-0.25, -0.2) is 0 Å². The Hall–Kier alpha value is -0.860. The average Bonchev–Trinajstić information content (AvgIpc) is 2.29. The molecule has 2 nitrogen and oxygen atoms in total. The summed E-state index contributed by atoms with van der Waals surface area (Å²) in [6, 6.07) is 10.6. The first-order chi connectivity index (χ1) is 7.36. The molecule has 1 rings (SSSR count). The molecule has 0 saturated carbocycles. The number of hydrogen-bond acceptors (Lipinski definition) is 2. The molecular formula is C13H21NO. The molecule has 0 heterocycles. The molecule has 84 valence electrons. The molecule has 0 aromatic heterocycles. The minimum absolute atomic E-state index is 0.808. The fourth-order valence-electron chi connectivity index (χ4n) is 1.53. The molecule has 0 fully saturated rings. The Labute approximate surface area is 92.9 Å². The fraction of sp³-hybridized carbons (Fsp3) is 0.538. The molecule has 0 aliphatic carbocycles. The van der Waals surface area contributed by atoms with Crippen molar-refractivity contribution in [2.75, 3.05) is 26.3 Å². The molecule has 15 heavy (non-hydrogen) atoms. The van der Waals surface area contributed by atoms with Crippen molar-refractivity contribution in [3.63, 3.8) is 0 Å². The lowest BCUT2D eigenvalue weighted by Gasteiger charge is -2.20. The minimum Gasteiger partial charge on any atom is -0.380 e. The average molecular weight is 207 g/mol. The van der Waals surface area contributed by atoms with Gasteiger partial charge in [-0.15, -0.1) is 0 Å². The number of rotatable bonds is 7. The molecule has 0 N–H and O–H groups in total. The summed E-state index contributed by atoms with van der Waals surface area (Å²) in [4.78, 5) is 2.39. The maximum atomic E-state index is 5.36. The van der Waals surface area contributed by atoms with Crippen molar-refractivity contribution >= 4 is 0 Å². The van der Waals surface area contributed by atoms with E-state index in [0.29, 0.717) is 0 Å². The Kier molecular flexibility index (Phi) is 6.05. The second kappa shape index (κ2) is 7.43. The van der Waals surface area contributed by atoms with Crippen molar-refractivity contribution in [1.29, 1.82) is 0 Å². The first kappa shape index (κ1) is 12.2. The zero-order valence-corrected chi connectivity index (χ0v) is 9.78. The van der Waals surface area contributed by atoms with E-state index in [0.717, 1.165) is 32.8 Å². The highest BCUT2D eigenvalue weighted by Gasteiger charge is 2.02. The van der Waals surface area contributed by atoms with Crippen molar-refractivity contribution in [3.8, 4) is 0 Å². The van der Waals surface area contributed by atoms with Gasteiger partial charge in [0, 0.05) is 19.7 Å². The van der Waals surface area contributed by atoms with Gasteiger partial charge in [0.25, 0.3) is 0 Å². The molecule has 1 aromatic rings. The summed E-state index contributed by atoms with van der Waals surface area (Å²) in [7, 11) is 0. The molecule has 0 aliphatic heterocycles. The normalized spacial score (nSPS) is 10.9. The molecule has 0 atom stereocenters. The Balaban J connectivity index is 2.33. The van der Waals surface area contributed by atoms with Crippen molar-refractivity contribution in [2.24, 2.45) is 0 Å². The summed E-state index contributed by atoms with van der Waals surface area (Å²) in [5.74, 6) is 0. The van der Waals surface area contributed by atoms with Crippen LogP contribution in [0.3, 0.4) is 0 Å². The van der Waals surface area contributed by atoms with Gasteiger partial charge >= 0.3 is 0 Å². The zero-order chi connectivity index (χ0) is 10.9. The predicted octanol–water partition coefficient (Wildman–Crippen LogP) is 2.55. The lowest BCUT2D eigenvalue weighted by atomic mass is 10.2. The largest absolute Gasteiger partial charge is 0.380 e. The van der Waals surface area contributed by atoms with Crippen LogP contribution >= 0.6 is 0 Å². The quantitative estimate of drug-likeness (QED) is 0.637. The summed E-state index contributed by atoms with van der Waals surface area (Å²) in [6.45, 7) is 8.97. The highest BCUT2D eigenvalue weighted by Crippen LogP contribution is 2.03. The van der Waals surface area contributed by atoms with Crippen LogP contribution in [0.1, 0.15) is 19.4 Å². The van der Waals surface area contributed by atoms with Gasteiger partial charge in [0.15, 0.2) is 0 Å². The minimum atomic E-state index is 0.808. The van der Waals surface area contributed by atoms with Crippen molar-refractivity contribution in [2.45, 2.75) is 20.4 Å². The van der Waals surface area contributed by atoms with E-state index in [9.17, 15) is 0 Å². The van der Waals surface area contributed by atoms with E-state index >= 15 is 0 Å². The summed E-state index contributed by atoms with van der Waals surface area (Å²) >= 11 is 0. The Morgan fingerprint density at radius 2 is 1.87 bits per heavy atom. The molecule has 0 aliphatic rings. The smallest absolute Gasteiger partial charge is 0.0593 e. The van der Waals surface area contributed by atoms with Crippen molar-refractivity contribution in [1.82, 2.24) is 4.90 Å². The topological polar surface area (TPSA) is 12.5 Å². The Bertz CT molecular complexity index is 248. The van der Waals surface area contributed by atoms with Gasteiger partial charge in [0.05, 0.1) is 6.61 Å². The maximum Gasteiger partial charge on any atom is 0.0593 e. The van der Waals surface area contributed by atoms with Crippen LogP contribution in [0.15, 0.2) is 30.3 Å². The molecule has 0 unspecified atom stereocenters. The van der Waals surface area contributed by atoms with Crippen LogP contribution < -0.4 is 0 Å². The third-order valence-corrected chi connectivity index (χ3v) is 2.45. The molecule has 0 spiro atoms. The lowest BCUT2D eigenvalue weighted by Crippen LogP contribution is -2.26. The number of likely N-dealkylation sites (N-methyl/N-ethyl adjacent to an activating group) is 1. The van der Waals surface area contributed by atoms with Gasteiger partial charge in [0.1, 0.15) is 0 Å². The van der Waals surface area contributed by atoms with Crippen LogP contribution in [-0.4, -0.2) is 31.2 Å². The summed E-state index contributed by atoms with van der Waals surface area (Å²) in [5, 5.41) is 0. The van der Waals surface area contributed by atoms with Gasteiger partial charge in [0.2, 0.25) is 0 Å². The highest BCUT2D eigenvalue weighted by atomic mass is 16.5. The standard InChI is InChI=1S/C13H21NO/c1-3-14(10-11-15-4-2)12-13-8-6-5-7-9-13/h5-9H,3-4,10-12H2,1-2H3. The van der Waals surface area contributed by atoms with E-state index in [1.54, 1.807) is 0 Å². The second-order valence-corrected chi connectivity index (χ2v) is 3.55. The lowest BCUT2D eigenvalue weighted by molar-refractivity contribution is 0.113. The van der Waals surface area contributed by atoms with Gasteiger partial charge in [-0.05, 0) is 19.0 Å². The first-order valence-electron chi connectivity index (χ1n) is 5.70. The number of hydrogen-bond donors (Lipinski definition) is 0. The molecule has 0 radical (unpaired) electrons. The highest BCUT2D eigenvalue weighted by molar-refractivity contribution is 5.14. The molecular weight excluding hydrogens is 186 g/mol. The zero-order valence-electron chi connectivity index (χ0n) is 9.78. The Morgan fingerprint density at radius 3 is 2.47 bits per heavy atom. The third-order valence-electron chi connectivity index (χ3n) is 2.45. The monoisotopic (exact) mass is 207 g/mol. The van der Waals surface area contributed by atoms with E-state index in [2.05, 4.69) is 42.2 Å². The molecule has 2 heteroatoms. The van der Waals surface area contributed by atoms with Crippen LogP contribution in [0.4, 0.5) is 0 Å². The van der Waals surface area contributed by atoms with E-state index in [1.807, 2.05) is 6.92 Å².